The second-order valence-electron chi connectivity index (χ2n) is 6.71. The number of amides is 2. The lowest BCUT2D eigenvalue weighted by atomic mass is 10.1. The fraction of sp³-hybridized carbons (Fsp3) is 0.350. The molecule has 1 heterocycles. The van der Waals surface area contributed by atoms with Crippen LogP contribution in [0.4, 0.5) is 4.79 Å². The van der Waals surface area contributed by atoms with E-state index in [2.05, 4.69) is 5.32 Å². The fourth-order valence-corrected chi connectivity index (χ4v) is 3.58. The summed E-state index contributed by atoms with van der Waals surface area (Å²) in [6.07, 6.45) is 1.17. The van der Waals surface area contributed by atoms with Crippen LogP contribution in [0.3, 0.4) is 0 Å². The van der Waals surface area contributed by atoms with Crippen molar-refractivity contribution in [1.82, 2.24) is 10.2 Å². The van der Waals surface area contributed by atoms with Crippen LogP contribution in [0.25, 0.3) is 0 Å². The van der Waals surface area contributed by atoms with Crippen molar-refractivity contribution in [2.45, 2.75) is 31.3 Å². The number of rotatable bonds is 6. The van der Waals surface area contributed by atoms with E-state index in [1.54, 1.807) is 29.2 Å². The second kappa shape index (κ2) is 8.10. The standard InChI is InChI=1S/C20H24N2O5S/c1-4-22(12-15-5-10-18-19(11-15)27-13-26-18)20(23)21-14(2)16-6-8-17(9-7-16)28(3,24)25/h5-11,14H,4,12-13H2,1-3H3,(H,21,23)/t14-/m0/s1. The summed E-state index contributed by atoms with van der Waals surface area (Å²) in [6.45, 7) is 4.98. The zero-order chi connectivity index (χ0) is 20.3. The van der Waals surface area contributed by atoms with Gasteiger partial charge in [0.2, 0.25) is 6.79 Å². The summed E-state index contributed by atoms with van der Waals surface area (Å²) in [5.74, 6) is 1.40. The summed E-state index contributed by atoms with van der Waals surface area (Å²) >= 11 is 0. The predicted molar refractivity (Wildman–Crippen MR) is 105 cm³/mol. The lowest BCUT2D eigenvalue weighted by Gasteiger charge is -2.24. The molecule has 1 atom stereocenters. The first-order valence-corrected chi connectivity index (χ1v) is 10.9. The molecule has 0 spiro atoms. The van der Waals surface area contributed by atoms with Crippen LogP contribution < -0.4 is 14.8 Å². The third kappa shape index (κ3) is 4.56. The molecule has 0 radical (unpaired) electrons. The molecule has 1 aliphatic rings. The largest absolute Gasteiger partial charge is 0.454 e. The van der Waals surface area contributed by atoms with Crippen LogP contribution in [0.5, 0.6) is 11.5 Å². The van der Waals surface area contributed by atoms with Crippen molar-refractivity contribution in [3.8, 4) is 11.5 Å². The van der Waals surface area contributed by atoms with E-state index in [-0.39, 0.29) is 23.8 Å². The van der Waals surface area contributed by atoms with E-state index in [0.29, 0.717) is 24.6 Å². The first-order valence-electron chi connectivity index (χ1n) is 9.02. The Balaban J connectivity index is 1.64. The number of urea groups is 1. The number of carbonyl (C=O) groups excluding carboxylic acids is 1. The van der Waals surface area contributed by atoms with E-state index in [9.17, 15) is 13.2 Å². The van der Waals surface area contributed by atoms with Crippen LogP contribution >= 0.6 is 0 Å². The van der Waals surface area contributed by atoms with Crippen molar-refractivity contribution in [3.05, 3.63) is 53.6 Å². The zero-order valence-corrected chi connectivity index (χ0v) is 17.0. The van der Waals surface area contributed by atoms with Crippen molar-refractivity contribution in [1.29, 1.82) is 0 Å². The van der Waals surface area contributed by atoms with Gasteiger partial charge in [0.25, 0.3) is 0 Å². The Bertz CT molecular complexity index is 957. The third-order valence-electron chi connectivity index (χ3n) is 4.63. The molecule has 0 aliphatic carbocycles. The number of hydrogen-bond acceptors (Lipinski definition) is 5. The van der Waals surface area contributed by atoms with E-state index in [1.165, 1.54) is 6.26 Å². The highest BCUT2D eigenvalue weighted by Gasteiger charge is 2.18. The average molecular weight is 404 g/mol. The molecule has 1 N–H and O–H groups in total. The van der Waals surface area contributed by atoms with Crippen LogP contribution in [-0.4, -0.2) is 38.9 Å². The van der Waals surface area contributed by atoms with Gasteiger partial charge in [-0.2, -0.15) is 0 Å². The van der Waals surface area contributed by atoms with E-state index in [0.717, 1.165) is 11.1 Å². The maximum absolute atomic E-state index is 12.7. The zero-order valence-electron chi connectivity index (χ0n) is 16.1. The number of benzene rings is 2. The summed E-state index contributed by atoms with van der Waals surface area (Å²) in [4.78, 5) is 14.6. The SMILES string of the molecule is CCN(Cc1ccc2c(c1)OCO2)C(=O)N[C@@H](C)c1ccc(S(C)(=O)=O)cc1. The van der Waals surface area contributed by atoms with Gasteiger partial charge in [0, 0.05) is 19.3 Å². The first kappa shape index (κ1) is 20.0. The first-order chi connectivity index (χ1) is 13.3. The molecule has 0 saturated carbocycles. The molecule has 0 saturated heterocycles. The number of nitrogens with one attached hydrogen (secondary N) is 1. The van der Waals surface area contributed by atoms with Crippen molar-refractivity contribution < 1.29 is 22.7 Å². The highest BCUT2D eigenvalue weighted by Crippen LogP contribution is 2.32. The van der Waals surface area contributed by atoms with Crippen LogP contribution in [0.2, 0.25) is 0 Å². The summed E-state index contributed by atoms with van der Waals surface area (Å²) in [7, 11) is -3.24. The number of hydrogen-bond donors (Lipinski definition) is 1. The number of carbonyl (C=O) groups is 1. The maximum atomic E-state index is 12.7. The fourth-order valence-electron chi connectivity index (χ4n) is 2.95. The Morgan fingerprint density at radius 3 is 2.46 bits per heavy atom. The average Bonchev–Trinajstić information content (AvgIpc) is 3.13. The van der Waals surface area contributed by atoms with E-state index in [4.69, 9.17) is 9.47 Å². The number of fused-ring (bicyclic) bond motifs is 1. The predicted octanol–water partition coefficient (Wildman–Crippen LogP) is 3.11. The Hall–Kier alpha value is -2.74. The van der Waals surface area contributed by atoms with Crippen LogP contribution in [0.15, 0.2) is 47.4 Å². The molecule has 0 aromatic heterocycles. The number of ether oxygens (including phenoxy) is 2. The summed E-state index contributed by atoms with van der Waals surface area (Å²) in [5.41, 5.74) is 1.78. The van der Waals surface area contributed by atoms with Crippen LogP contribution in [0, 0.1) is 0 Å². The van der Waals surface area contributed by atoms with Gasteiger partial charge in [0.05, 0.1) is 10.9 Å². The molecule has 2 amide bonds. The van der Waals surface area contributed by atoms with E-state index in [1.807, 2.05) is 32.0 Å². The van der Waals surface area contributed by atoms with Gasteiger partial charge in [0.15, 0.2) is 21.3 Å². The minimum Gasteiger partial charge on any atom is -0.454 e. The molecule has 0 fully saturated rings. The Kier molecular flexibility index (Phi) is 5.79. The quantitative estimate of drug-likeness (QED) is 0.800. The highest BCUT2D eigenvalue weighted by atomic mass is 32.2. The highest BCUT2D eigenvalue weighted by molar-refractivity contribution is 7.90. The number of nitrogens with zero attached hydrogens (tertiary/aromatic N) is 1. The van der Waals surface area contributed by atoms with Gasteiger partial charge < -0.3 is 19.7 Å². The number of sulfone groups is 1. The molecule has 150 valence electrons. The van der Waals surface area contributed by atoms with Gasteiger partial charge in [-0.25, -0.2) is 13.2 Å². The lowest BCUT2D eigenvalue weighted by molar-refractivity contribution is 0.173. The topological polar surface area (TPSA) is 84.9 Å². The monoisotopic (exact) mass is 404 g/mol. The van der Waals surface area contributed by atoms with Crippen LogP contribution in [0.1, 0.15) is 31.0 Å². The molecule has 28 heavy (non-hydrogen) atoms. The molecule has 1 aliphatic heterocycles. The van der Waals surface area contributed by atoms with Gasteiger partial charge in [-0.3, -0.25) is 0 Å². The second-order valence-corrected chi connectivity index (χ2v) is 8.73. The molecule has 3 rings (SSSR count). The van der Waals surface area contributed by atoms with Gasteiger partial charge in [0.1, 0.15) is 0 Å². The van der Waals surface area contributed by atoms with Crippen molar-refractivity contribution >= 4 is 15.9 Å². The molecule has 2 aromatic rings. The van der Waals surface area contributed by atoms with Gasteiger partial charge in [-0.1, -0.05) is 18.2 Å². The minimum atomic E-state index is -3.24. The van der Waals surface area contributed by atoms with Crippen molar-refractivity contribution in [2.75, 3.05) is 19.6 Å². The Morgan fingerprint density at radius 1 is 1.14 bits per heavy atom. The Labute approximate surface area is 165 Å². The molecule has 0 unspecified atom stereocenters. The summed E-state index contributed by atoms with van der Waals surface area (Å²) < 4.78 is 33.8. The van der Waals surface area contributed by atoms with E-state index < -0.39 is 9.84 Å². The maximum Gasteiger partial charge on any atom is 0.318 e. The molecule has 8 heteroatoms. The molecule has 2 aromatic carbocycles. The molecule has 7 nitrogen and oxygen atoms in total. The van der Waals surface area contributed by atoms with E-state index >= 15 is 0 Å². The molecular weight excluding hydrogens is 380 g/mol. The smallest absolute Gasteiger partial charge is 0.318 e. The summed E-state index contributed by atoms with van der Waals surface area (Å²) in [5, 5.41) is 2.96. The molecular formula is C20H24N2O5S. The minimum absolute atomic E-state index is 0.195. The lowest BCUT2D eigenvalue weighted by Crippen LogP contribution is -2.40. The van der Waals surface area contributed by atoms with Crippen molar-refractivity contribution in [2.24, 2.45) is 0 Å². The van der Waals surface area contributed by atoms with Crippen molar-refractivity contribution in [3.63, 3.8) is 0 Å². The van der Waals surface area contributed by atoms with Crippen LogP contribution in [-0.2, 0) is 16.4 Å². The normalized spacial score (nSPS) is 13.8. The molecule has 0 bridgehead atoms. The van der Waals surface area contributed by atoms with Gasteiger partial charge in [-0.05, 0) is 49.2 Å². The van der Waals surface area contributed by atoms with Gasteiger partial charge >= 0.3 is 6.03 Å². The Morgan fingerprint density at radius 2 is 1.82 bits per heavy atom. The third-order valence-corrected chi connectivity index (χ3v) is 5.76. The summed E-state index contributed by atoms with van der Waals surface area (Å²) in [6, 6.07) is 11.7. The van der Waals surface area contributed by atoms with Gasteiger partial charge in [-0.15, -0.1) is 0 Å².